The molecule has 0 aliphatic heterocycles. The maximum absolute atomic E-state index is 10.4. The van der Waals surface area contributed by atoms with Crippen molar-refractivity contribution in [2.45, 2.75) is 12.2 Å². The number of rotatable bonds is 4. The van der Waals surface area contributed by atoms with Crippen LogP contribution in [0, 0.1) is 10.1 Å². The Bertz CT molecular complexity index is 362. The van der Waals surface area contributed by atoms with Gasteiger partial charge in [-0.25, -0.2) is 0 Å². The summed E-state index contributed by atoms with van der Waals surface area (Å²) in [6.45, 7) is 0. The zero-order valence-corrected chi connectivity index (χ0v) is 9.52. The van der Waals surface area contributed by atoms with Gasteiger partial charge in [0.05, 0.1) is 7.11 Å². The van der Waals surface area contributed by atoms with Gasteiger partial charge in [-0.05, 0) is 17.7 Å². The van der Waals surface area contributed by atoms with Crippen LogP contribution in [0.2, 0.25) is 0 Å². The number of nitrogens with two attached hydrogens (primary N) is 2. The molecule has 1 aromatic rings. The number of nitrogens with zero attached hydrogens (tertiary/aromatic N) is 1. The molecular weight excluding hydrogens is 234 g/mol. The van der Waals surface area contributed by atoms with Crippen LogP contribution in [-0.4, -0.2) is 18.2 Å². The molecule has 1 aromatic carbocycles. The molecule has 0 aliphatic carbocycles. The molecule has 0 spiro atoms. The fraction of sp³-hybridized carbons (Fsp3) is 0.333. The highest BCUT2D eigenvalue weighted by molar-refractivity contribution is 5.85. The lowest BCUT2D eigenvalue weighted by Crippen LogP contribution is -2.40. The van der Waals surface area contributed by atoms with Crippen LogP contribution in [-0.2, 0) is 0 Å². The van der Waals surface area contributed by atoms with E-state index in [1.807, 2.05) is 0 Å². The Balaban J connectivity index is 0.00000225. The first-order chi connectivity index (χ1) is 7.06. The van der Waals surface area contributed by atoms with Crippen LogP contribution in [0.15, 0.2) is 24.3 Å². The van der Waals surface area contributed by atoms with Gasteiger partial charge in [0.15, 0.2) is 0 Å². The van der Waals surface area contributed by atoms with Crippen molar-refractivity contribution >= 4 is 12.4 Å². The van der Waals surface area contributed by atoms with Gasteiger partial charge in [0.25, 0.3) is 6.17 Å². The van der Waals surface area contributed by atoms with Crippen molar-refractivity contribution in [3.05, 3.63) is 39.9 Å². The van der Waals surface area contributed by atoms with E-state index in [-0.39, 0.29) is 12.4 Å². The summed E-state index contributed by atoms with van der Waals surface area (Å²) < 4.78 is 4.98. The molecule has 2 unspecified atom stereocenters. The molecule has 0 saturated heterocycles. The molecule has 0 heterocycles. The van der Waals surface area contributed by atoms with E-state index >= 15 is 0 Å². The Hall–Kier alpha value is -1.37. The number of halogens is 1. The van der Waals surface area contributed by atoms with Gasteiger partial charge >= 0.3 is 0 Å². The van der Waals surface area contributed by atoms with Crippen LogP contribution >= 0.6 is 12.4 Å². The van der Waals surface area contributed by atoms with Crippen molar-refractivity contribution < 1.29 is 9.66 Å². The van der Waals surface area contributed by atoms with Crippen molar-refractivity contribution in [3.8, 4) is 5.75 Å². The Morgan fingerprint density at radius 3 is 2.56 bits per heavy atom. The largest absolute Gasteiger partial charge is 0.497 e. The molecule has 0 aliphatic rings. The van der Waals surface area contributed by atoms with Gasteiger partial charge in [-0.1, -0.05) is 12.1 Å². The van der Waals surface area contributed by atoms with Gasteiger partial charge in [-0.3, -0.25) is 15.8 Å². The number of hydrogen-bond acceptors (Lipinski definition) is 5. The topological polar surface area (TPSA) is 104 Å². The first-order valence-electron chi connectivity index (χ1n) is 4.35. The van der Waals surface area contributed by atoms with Gasteiger partial charge in [0.1, 0.15) is 11.8 Å². The van der Waals surface area contributed by atoms with E-state index in [9.17, 15) is 10.1 Å². The fourth-order valence-corrected chi connectivity index (χ4v) is 1.18. The second-order valence-corrected chi connectivity index (χ2v) is 3.08. The van der Waals surface area contributed by atoms with E-state index < -0.39 is 17.1 Å². The lowest BCUT2D eigenvalue weighted by atomic mass is 10.1. The summed E-state index contributed by atoms with van der Waals surface area (Å²) in [4.78, 5) is 9.83. The van der Waals surface area contributed by atoms with Crippen LogP contribution in [0.1, 0.15) is 11.6 Å². The number of benzene rings is 1. The van der Waals surface area contributed by atoms with Crippen LogP contribution in [0.4, 0.5) is 0 Å². The third kappa shape index (κ3) is 3.34. The molecule has 1 rings (SSSR count). The van der Waals surface area contributed by atoms with Crippen molar-refractivity contribution in [3.63, 3.8) is 0 Å². The number of nitro groups is 1. The molecule has 6 nitrogen and oxygen atoms in total. The van der Waals surface area contributed by atoms with Crippen molar-refractivity contribution in [1.29, 1.82) is 0 Å². The number of methoxy groups -OCH3 is 1. The zero-order chi connectivity index (χ0) is 11.4. The molecular formula is C9H14ClN3O3. The van der Waals surface area contributed by atoms with Gasteiger partial charge in [0.2, 0.25) is 0 Å². The molecule has 0 radical (unpaired) electrons. The van der Waals surface area contributed by atoms with Gasteiger partial charge in [0, 0.05) is 4.92 Å². The molecule has 7 heteroatoms. The van der Waals surface area contributed by atoms with Gasteiger partial charge in [-0.2, -0.15) is 0 Å². The molecule has 90 valence electrons. The summed E-state index contributed by atoms with van der Waals surface area (Å²) in [6.07, 6.45) is -1.31. The highest BCUT2D eigenvalue weighted by Gasteiger charge is 2.25. The highest BCUT2D eigenvalue weighted by atomic mass is 35.5. The standard InChI is InChI=1S/C9H13N3O3.ClH/c1-15-7-4-2-3-6(5-7)8(10)9(11)12(13)14;/h2-5,8-9H,10-11H2,1H3;1H. The first kappa shape index (κ1) is 14.6. The van der Waals surface area contributed by atoms with Crippen molar-refractivity contribution in [2.75, 3.05) is 7.11 Å². The lowest BCUT2D eigenvalue weighted by Gasteiger charge is -2.13. The maximum Gasteiger partial charge on any atom is 0.282 e. The smallest absolute Gasteiger partial charge is 0.282 e. The normalized spacial score (nSPS) is 13.4. The summed E-state index contributed by atoms with van der Waals surface area (Å²) in [5, 5.41) is 10.4. The molecule has 0 bridgehead atoms. The Kier molecular flexibility index (Phi) is 5.73. The average Bonchev–Trinajstić information content (AvgIpc) is 2.27. The Morgan fingerprint density at radius 2 is 2.06 bits per heavy atom. The summed E-state index contributed by atoms with van der Waals surface area (Å²) in [5.41, 5.74) is 11.5. The van der Waals surface area contributed by atoms with Crippen LogP contribution < -0.4 is 16.2 Å². The average molecular weight is 248 g/mol. The predicted molar refractivity (Wildman–Crippen MR) is 62.1 cm³/mol. The summed E-state index contributed by atoms with van der Waals surface area (Å²) in [5.74, 6) is 0.596. The highest BCUT2D eigenvalue weighted by Crippen LogP contribution is 2.19. The molecule has 0 aromatic heterocycles. The third-order valence-corrected chi connectivity index (χ3v) is 2.09. The fourth-order valence-electron chi connectivity index (χ4n) is 1.18. The Labute approximate surface area is 99.1 Å². The third-order valence-electron chi connectivity index (χ3n) is 2.09. The molecule has 4 N–H and O–H groups in total. The van der Waals surface area contributed by atoms with E-state index in [1.165, 1.54) is 7.11 Å². The van der Waals surface area contributed by atoms with E-state index in [1.54, 1.807) is 24.3 Å². The first-order valence-corrected chi connectivity index (χ1v) is 4.35. The van der Waals surface area contributed by atoms with E-state index in [2.05, 4.69) is 0 Å². The maximum atomic E-state index is 10.4. The second-order valence-electron chi connectivity index (χ2n) is 3.08. The summed E-state index contributed by atoms with van der Waals surface area (Å²) in [6, 6.07) is 5.91. The van der Waals surface area contributed by atoms with Crippen molar-refractivity contribution in [1.82, 2.24) is 0 Å². The second kappa shape index (κ2) is 6.26. The van der Waals surface area contributed by atoms with Crippen LogP contribution in [0.5, 0.6) is 5.75 Å². The van der Waals surface area contributed by atoms with Gasteiger partial charge < -0.3 is 10.5 Å². The lowest BCUT2D eigenvalue weighted by molar-refractivity contribution is -0.525. The molecule has 0 fully saturated rings. The van der Waals surface area contributed by atoms with Crippen LogP contribution in [0.3, 0.4) is 0 Å². The minimum Gasteiger partial charge on any atom is -0.497 e. The molecule has 16 heavy (non-hydrogen) atoms. The molecule has 2 atom stereocenters. The van der Waals surface area contributed by atoms with E-state index in [0.717, 1.165) is 0 Å². The monoisotopic (exact) mass is 247 g/mol. The summed E-state index contributed by atoms with van der Waals surface area (Å²) >= 11 is 0. The SMILES string of the molecule is COc1cccc(C(N)C(N)[N+](=O)[O-])c1.Cl. The Morgan fingerprint density at radius 1 is 1.44 bits per heavy atom. The minimum atomic E-state index is -1.31. The van der Waals surface area contributed by atoms with Crippen molar-refractivity contribution in [2.24, 2.45) is 11.5 Å². The minimum absolute atomic E-state index is 0. The quantitative estimate of drug-likeness (QED) is 0.462. The molecule has 0 saturated carbocycles. The van der Waals surface area contributed by atoms with Crippen LogP contribution in [0.25, 0.3) is 0 Å². The number of ether oxygens (including phenoxy) is 1. The predicted octanol–water partition coefficient (Wildman–Crippen LogP) is 0.678. The van der Waals surface area contributed by atoms with E-state index in [0.29, 0.717) is 11.3 Å². The zero-order valence-electron chi connectivity index (χ0n) is 8.70. The molecule has 0 amide bonds. The summed E-state index contributed by atoms with van der Waals surface area (Å²) in [7, 11) is 1.51. The van der Waals surface area contributed by atoms with E-state index in [4.69, 9.17) is 16.2 Å². The van der Waals surface area contributed by atoms with Gasteiger partial charge in [-0.15, -0.1) is 12.4 Å². The number of hydrogen-bond donors (Lipinski definition) is 2.